The molecule has 1 aromatic heterocycles. The molecule has 0 bridgehead atoms. The number of anilines is 3. The molecule has 1 amide bonds. The largest absolute Gasteiger partial charge is 0.453 e. The first-order valence-corrected chi connectivity index (χ1v) is 4.80. The Labute approximate surface area is 91.6 Å². The summed E-state index contributed by atoms with van der Waals surface area (Å²) in [5, 5.41) is 5.38. The van der Waals surface area contributed by atoms with Crippen molar-refractivity contribution >= 4 is 23.9 Å². The molecule has 1 saturated carbocycles. The zero-order chi connectivity index (χ0) is 11.5. The van der Waals surface area contributed by atoms with Gasteiger partial charge in [0, 0.05) is 6.04 Å². The number of hydrogen-bond donors (Lipinski definition) is 3. The molecule has 0 unspecified atom stereocenters. The lowest BCUT2D eigenvalue weighted by Gasteiger charge is -2.06. The number of aromatic nitrogens is 3. The van der Waals surface area contributed by atoms with Gasteiger partial charge < -0.3 is 15.8 Å². The molecule has 2 rings (SSSR count). The van der Waals surface area contributed by atoms with Gasteiger partial charge in [-0.15, -0.1) is 0 Å². The molecule has 0 aromatic carbocycles. The van der Waals surface area contributed by atoms with Gasteiger partial charge in [-0.2, -0.15) is 15.0 Å². The van der Waals surface area contributed by atoms with Crippen LogP contribution in [0.15, 0.2) is 0 Å². The minimum atomic E-state index is -0.650. The third-order valence-electron chi connectivity index (χ3n) is 1.96. The van der Waals surface area contributed by atoms with Crippen LogP contribution < -0.4 is 16.4 Å². The Morgan fingerprint density at radius 2 is 2.06 bits per heavy atom. The van der Waals surface area contributed by atoms with Gasteiger partial charge in [0.25, 0.3) is 0 Å². The van der Waals surface area contributed by atoms with Gasteiger partial charge in [-0.1, -0.05) is 0 Å². The summed E-state index contributed by atoms with van der Waals surface area (Å²) in [4.78, 5) is 22.6. The summed E-state index contributed by atoms with van der Waals surface area (Å²) in [6, 6.07) is 0.396. The van der Waals surface area contributed by atoms with Gasteiger partial charge in [0.15, 0.2) is 0 Å². The highest BCUT2D eigenvalue weighted by Crippen LogP contribution is 2.23. The predicted molar refractivity (Wildman–Crippen MR) is 56.9 cm³/mol. The van der Waals surface area contributed by atoms with E-state index in [9.17, 15) is 4.79 Å². The lowest BCUT2D eigenvalue weighted by molar-refractivity contribution is 0.186. The maximum atomic E-state index is 10.9. The third-order valence-corrected chi connectivity index (χ3v) is 1.96. The van der Waals surface area contributed by atoms with Crippen molar-refractivity contribution in [2.24, 2.45) is 0 Å². The molecular formula is C8H12N6O2. The average Bonchev–Trinajstić information content (AvgIpc) is 3.00. The molecule has 0 radical (unpaired) electrons. The van der Waals surface area contributed by atoms with Gasteiger partial charge in [0.05, 0.1) is 7.11 Å². The highest BCUT2D eigenvalue weighted by molar-refractivity contribution is 5.82. The van der Waals surface area contributed by atoms with Crippen molar-refractivity contribution < 1.29 is 9.53 Å². The van der Waals surface area contributed by atoms with Crippen molar-refractivity contribution in [2.45, 2.75) is 18.9 Å². The Bertz CT molecular complexity index is 406. The number of hydrogen-bond acceptors (Lipinski definition) is 7. The lowest BCUT2D eigenvalue weighted by atomic mass is 10.7. The number of carbonyl (C=O) groups is 1. The molecule has 1 fully saturated rings. The fraction of sp³-hybridized carbons (Fsp3) is 0.500. The fourth-order valence-electron chi connectivity index (χ4n) is 1.07. The molecule has 4 N–H and O–H groups in total. The molecular weight excluding hydrogens is 212 g/mol. The van der Waals surface area contributed by atoms with Crippen LogP contribution in [0.2, 0.25) is 0 Å². The second-order valence-corrected chi connectivity index (χ2v) is 3.38. The molecule has 16 heavy (non-hydrogen) atoms. The van der Waals surface area contributed by atoms with Crippen molar-refractivity contribution in [3.8, 4) is 0 Å². The Kier molecular flexibility index (Phi) is 2.71. The summed E-state index contributed by atoms with van der Waals surface area (Å²) in [7, 11) is 1.25. The van der Waals surface area contributed by atoms with E-state index in [4.69, 9.17) is 5.73 Å². The van der Waals surface area contributed by atoms with Crippen molar-refractivity contribution in [1.29, 1.82) is 0 Å². The Morgan fingerprint density at radius 1 is 1.38 bits per heavy atom. The minimum Gasteiger partial charge on any atom is -0.453 e. The number of methoxy groups -OCH3 is 1. The van der Waals surface area contributed by atoms with E-state index in [1.807, 2.05) is 0 Å². The number of ether oxygens (including phenoxy) is 1. The van der Waals surface area contributed by atoms with Crippen LogP contribution in [0.5, 0.6) is 0 Å². The molecule has 0 spiro atoms. The van der Waals surface area contributed by atoms with Crippen molar-refractivity contribution in [3.63, 3.8) is 0 Å². The number of nitrogen functional groups attached to an aromatic ring is 1. The Hall–Kier alpha value is -2.12. The number of nitrogens with one attached hydrogen (secondary N) is 2. The van der Waals surface area contributed by atoms with E-state index in [0.717, 1.165) is 12.8 Å². The number of nitrogens with two attached hydrogens (primary N) is 1. The van der Waals surface area contributed by atoms with Crippen molar-refractivity contribution in [1.82, 2.24) is 15.0 Å². The van der Waals surface area contributed by atoms with Crippen LogP contribution in [-0.2, 0) is 4.74 Å². The fourth-order valence-corrected chi connectivity index (χ4v) is 1.07. The van der Waals surface area contributed by atoms with Crippen LogP contribution in [0.1, 0.15) is 12.8 Å². The Morgan fingerprint density at radius 3 is 2.69 bits per heavy atom. The van der Waals surface area contributed by atoms with Crippen LogP contribution >= 0.6 is 0 Å². The molecule has 86 valence electrons. The normalized spacial score (nSPS) is 14.3. The van der Waals surface area contributed by atoms with Crippen LogP contribution in [0, 0.1) is 0 Å². The van der Waals surface area contributed by atoms with Gasteiger partial charge in [0.1, 0.15) is 0 Å². The zero-order valence-corrected chi connectivity index (χ0v) is 8.73. The molecule has 1 heterocycles. The summed E-state index contributed by atoms with van der Waals surface area (Å²) in [5.74, 6) is 0.480. The first-order chi connectivity index (χ1) is 7.67. The van der Waals surface area contributed by atoms with Crippen molar-refractivity contribution in [3.05, 3.63) is 0 Å². The highest BCUT2D eigenvalue weighted by atomic mass is 16.5. The topological polar surface area (TPSA) is 115 Å². The first-order valence-electron chi connectivity index (χ1n) is 4.80. The second-order valence-electron chi connectivity index (χ2n) is 3.38. The minimum absolute atomic E-state index is 0.0459. The second kappa shape index (κ2) is 4.17. The summed E-state index contributed by atoms with van der Waals surface area (Å²) in [6.45, 7) is 0. The number of carbonyl (C=O) groups excluding carboxylic acids is 1. The summed E-state index contributed by atoms with van der Waals surface area (Å²) < 4.78 is 4.42. The molecule has 0 aliphatic heterocycles. The first kappa shape index (κ1) is 10.4. The number of nitrogens with zero attached hydrogens (tertiary/aromatic N) is 3. The maximum Gasteiger partial charge on any atom is 0.413 e. The number of rotatable bonds is 3. The van der Waals surface area contributed by atoms with E-state index in [-0.39, 0.29) is 11.9 Å². The molecule has 8 heteroatoms. The van der Waals surface area contributed by atoms with E-state index < -0.39 is 6.09 Å². The molecule has 0 saturated heterocycles. The smallest absolute Gasteiger partial charge is 0.413 e. The summed E-state index contributed by atoms with van der Waals surface area (Å²) >= 11 is 0. The molecule has 0 atom stereocenters. The summed E-state index contributed by atoms with van der Waals surface area (Å²) in [6.07, 6.45) is 1.53. The molecule has 8 nitrogen and oxygen atoms in total. The van der Waals surface area contributed by atoms with Crippen LogP contribution in [0.3, 0.4) is 0 Å². The van der Waals surface area contributed by atoms with Gasteiger partial charge in [-0.3, -0.25) is 5.32 Å². The van der Waals surface area contributed by atoms with Crippen molar-refractivity contribution in [2.75, 3.05) is 23.5 Å². The molecule has 1 aliphatic carbocycles. The lowest BCUT2D eigenvalue weighted by Crippen LogP contribution is -2.16. The van der Waals surface area contributed by atoms with Crippen LogP contribution in [0.4, 0.5) is 22.6 Å². The molecule has 1 aliphatic rings. The van der Waals surface area contributed by atoms with E-state index in [0.29, 0.717) is 12.0 Å². The highest BCUT2D eigenvalue weighted by Gasteiger charge is 2.22. The van der Waals surface area contributed by atoms with E-state index in [2.05, 4.69) is 30.3 Å². The van der Waals surface area contributed by atoms with E-state index in [1.54, 1.807) is 0 Å². The Balaban J connectivity index is 2.10. The monoisotopic (exact) mass is 224 g/mol. The standard InChI is InChI=1S/C8H12N6O2/c1-16-8(15)14-7-12-5(9)11-6(13-7)10-4-2-3-4/h4H,2-3H2,1H3,(H4,9,10,11,12,13,14,15). The van der Waals surface area contributed by atoms with Crippen LogP contribution in [-0.4, -0.2) is 34.2 Å². The third kappa shape index (κ3) is 2.69. The zero-order valence-electron chi connectivity index (χ0n) is 8.73. The van der Waals surface area contributed by atoms with Gasteiger partial charge in [0.2, 0.25) is 17.8 Å². The van der Waals surface area contributed by atoms with Crippen LogP contribution in [0.25, 0.3) is 0 Å². The van der Waals surface area contributed by atoms with E-state index in [1.165, 1.54) is 7.11 Å². The van der Waals surface area contributed by atoms with Gasteiger partial charge >= 0.3 is 6.09 Å². The quantitative estimate of drug-likeness (QED) is 0.671. The number of amides is 1. The van der Waals surface area contributed by atoms with E-state index >= 15 is 0 Å². The molecule has 1 aromatic rings. The predicted octanol–water partition coefficient (Wildman–Crippen LogP) is 0.206. The SMILES string of the molecule is COC(=O)Nc1nc(N)nc(NC2CC2)n1. The van der Waals surface area contributed by atoms with Gasteiger partial charge in [-0.05, 0) is 12.8 Å². The van der Waals surface area contributed by atoms with Gasteiger partial charge in [-0.25, -0.2) is 4.79 Å². The average molecular weight is 224 g/mol. The summed E-state index contributed by atoms with van der Waals surface area (Å²) in [5.41, 5.74) is 5.48. The maximum absolute atomic E-state index is 10.9.